The van der Waals surface area contributed by atoms with Gasteiger partial charge in [0.15, 0.2) is 5.13 Å². The Balaban J connectivity index is 1.84. The third-order valence-corrected chi connectivity index (χ3v) is 4.77. The highest BCUT2D eigenvalue weighted by atomic mass is 32.1. The summed E-state index contributed by atoms with van der Waals surface area (Å²) >= 11 is 1.85. The van der Waals surface area contributed by atoms with Gasteiger partial charge in [0.2, 0.25) is 0 Å². The van der Waals surface area contributed by atoms with Crippen LogP contribution in [0.4, 0.5) is 15.8 Å². The number of amides is 1. The lowest BCUT2D eigenvalue weighted by Crippen LogP contribution is -2.09. The third-order valence-electron chi connectivity index (χ3n) is 2.80. The molecule has 0 unspecified atom stereocenters. The number of nitro benzene ring substituents is 1. The SMILES string of the molecule is O=C(Nc1nc2ccc([N+](=O)[O-])cc2s1)c1ccc([N+](=O)[O-])s1. The molecule has 0 aliphatic rings. The van der Waals surface area contributed by atoms with Crippen LogP contribution < -0.4 is 5.32 Å². The number of nitro groups is 2. The molecule has 2 heterocycles. The first-order valence-corrected chi connectivity index (χ1v) is 7.68. The van der Waals surface area contributed by atoms with Gasteiger partial charge in [-0.15, -0.1) is 0 Å². The highest BCUT2D eigenvalue weighted by molar-refractivity contribution is 7.22. The van der Waals surface area contributed by atoms with Gasteiger partial charge in [-0.25, -0.2) is 4.98 Å². The largest absolute Gasteiger partial charge is 0.324 e. The average Bonchev–Trinajstić information content (AvgIpc) is 3.12. The van der Waals surface area contributed by atoms with Crippen molar-refractivity contribution in [3.63, 3.8) is 0 Å². The van der Waals surface area contributed by atoms with Crippen molar-refractivity contribution in [2.24, 2.45) is 0 Å². The fraction of sp³-hybridized carbons (Fsp3) is 0. The lowest BCUT2D eigenvalue weighted by molar-refractivity contribution is -0.384. The number of thiophene rings is 1. The number of carbonyl (C=O) groups is 1. The normalized spacial score (nSPS) is 10.6. The van der Waals surface area contributed by atoms with Crippen LogP contribution in [0.1, 0.15) is 9.67 Å². The molecule has 1 amide bonds. The fourth-order valence-corrected chi connectivity index (χ4v) is 3.40. The van der Waals surface area contributed by atoms with Crippen LogP contribution in [-0.4, -0.2) is 20.7 Å². The van der Waals surface area contributed by atoms with Crippen LogP contribution in [0, 0.1) is 20.2 Å². The molecule has 0 aliphatic heterocycles. The Morgan fingerprint density at radius 2 is 1.87 bits per heavy atom. The molecule has 9 nitrogen and oxygen atoms in total. The van der Waals surface area contributed by atoms with E-state index < -0.39 is 15.8 Å². The van der Waals surface area contributed by atoms with Crippen LogP contribution in [0.3, 0.4) is 0 Å². The Kier molecular flexibility index (Phi) is 3.72. The number of anilines is 1. The number of fused-ring (bicyclic) bond motifs is 1. The summed E-state index contributed by atoms with van der Waals surface area (Å²) in [6, 6.07) is 6.81. The summed E-state index contributed by atoms with van der Waals surface area (Å²) in [6.07, 6.45) is 0. The Morgan fingerprint density at radius 1 is 1.09 bits per heavy atom. The van der Waals surface area contributed by atoms with Crippen LogP contribution in [0.5, 0.6) is 0 Å². The van der Waals surface area contributed by atoms with Gasteiger partial charge in [0.1, 0.15) is 0 Å². The minimum Gasteiger partial charge on any atom is -0.297 e. The molecule has 0 radical (unpaired) electrons. The number of aromatic nitrogens is 1. The number of carbonyl (C=O) groups excluding carboxylic acids is 1. The van der Waals surface area contributed by atoms with Crippen molar-refractivity contribution >= 4 is 54.6 Å². The molecule has 3 aromatic rings. The van der Waals surface area contributed by atoms with Crippen molar-refractivity contribution < 1.29 is 14.6 Å². The number of nitrogens with zero attached hydrogens (tertiary/aromatic N) is 3. The second-order valence-electron chi connectivity index (χ2n) is 4.28. The van der Waals surface area contributed by atoms with E-state index in [2.05, 4.69) is 10.3 Å². The van der Waals surface area contributed by atoms with E-state index in [0.717, 1.165) is 22.7 Å². The number of non-ortho nitro benzene ring substituents is 1. The maximum absolute atomic E-state index is 12.0. The monoisotopic (exact) mass is 350 g/mol. The van der Waals surface area contributed by atoms with Gasteiger partial charge in [-0.3, -0.25) is 30.3 Å². The Labute approximate surface area is 135 Å². The second-order valence-corrected chi connectivity index (χ2v) is 6.37. The van der Waals surface area contributed by atoms with Crippen LogP contribution in [0.15, 0.2) is 30.3 Å². The van der Waals surface area contributed by atoms with Gasteiger partial charge in [0, 0.05) is 18.2 Å². The summed E-state index contributed by atoms with van der Waals surface area (Å²) < 4.78 is 0.562. The highest BCUT2D eigenvalue weighted by Crippen LogP contribution is 2.30. The van der Waals surface area contributed by atoms with Crippen molar-refractivity contribution in [2.75, 3.05) is 5.32 Å². The first kappa shape index (κ1) is 15.0. The summed E-state index contributed by atoms with van der Waals surface area (Å²) in [6.45, 7) is 0. The number of benzene rings is 1. The molecule has 1 N–H and O–H groups in total. The maximum Gasteiger partial charge on any atom is 0.324 e. The van der Waals surface area contributed by atoms with Crippen molar-refractivity contribution in [3.8, 4) is 0 Å². The zero-order valence-electron chi connectivity index (χ0n) is 11.1. The molecule has 23 heavy (non-hydrogen) atoms. The maximum atomic E-state index is 12.0. The molecule has 0 fully saturated rings. The van der Waals surface area contributed by atoms with Crippen LogP contribution in [0.25, 0.3) is 10.2 Å². The van der Waals surface area contributed by atoms with Crippen molar-refractivity contribution in [1.29, 1.82) is 0 Å². The Hall–Kier alpha value is -2.92. The minimum atomic E-state index is -0.571. The van der Waals surface area contributed by atoms with Crippen LogP contribution in [-0.2, 0) is 0 Å². The number of rotatable bonds is 4. The van der Waals surface area contributed by atoms with E-state index in [-0.39, 0.29) is 20.7 Å². The Morgan fingerprint density at radius 3 is 2.52 bits per heavy atom. The average molecular weight is 350 g/mol. The van der Waals surface area contributed by atoms with E-state index >= 15 is 0 Å². The molecule has 0 atom stereocenters. The van der Waals surface area contributed by atoms with E-state index in [4.69, 9.17) is 0 Å². The van der Waals surface area contributed by atoms with Gasteiger partial charge in [-0.1, -0.05) is 22.7 Å². The van der Waals surface area contributed by atoms with Gasteiger partial charge in [0.05, 0.1) is 24.9 Å². The number of thiazole rings is 1. The summed E-state index contributed by atoms with van der Waals surface area (Å²) in [5.41, 5.74) is 0.459. The van der Waals surface area contributed by atoms with Crippen LogP contribution >= 0.6 is 22.7 Å². The number of nitrogens with one attached hydrogen (secondary N) is 1. The first-order chi connectivity index (χ1) is 10.9. The number of hydrogen-bond acceptors (Lipinski definition) is 8. The third kappa shape index (κ3) is 3.00. The lowest BCUT2D eigenvalue weighted by atomic mass is 10.3. The standard InChI is InChI=1S/C12H6N4O5S2/c17-11(8-3-4-10(22-8)16(20)21)14-12-13-7-2-1-6(15(18)19)5-9(7)23-12/h1-5H,(H,13,14,17). The van der Waals surface area contributed by atoms with E-state index in [1.807, 2.05) is 0 Å². The summed E-state index contributed by atoms with van der Waals surface area (Å²) in [5.74, 6) is -0.517. The quantitative estimate of drug-likeness (QED) is 0.567. The topological polar surface area (TPSA) is 128 Å². The molecule has 1 aromatic carbocycles. The summed E-state index contributed by atoms with van der Waals surface area (Å²) in [4.78, 5) is 36.6. The zero-order valence-corrected chi connectivity index (χ0v) is 12.7. The van der Waals surface area contributed by atoms with Gasteiger partial charge < -0.3 is 0 Å². The smallest absolute Gasteiger partial charge is 0.297 e. The van der Waals surface area contributed by atoms with Gasteiger partial charge in [0.25, 0.3) is 11.6 Å². The zero-order chi connectivity index (χ0) is 16.6. The predicted octanol–water partition coefficient (Wildman–Crippen LogP) is 3.43. The molecule has 0 saturated carbocycles. The van der Waals surface area contributed by atoms with E-state index in [0.29, 0.717) is 10.2 Å². The molecule has 0 bridgehead atoms. The number of hydrogen-bond donors (Lipinski definition) is 1. The van der Waals surface area contributed by atoms with E-state index in [1.165, 1.54) is 30.3 Å². The molecule has 0 saturated heterocycles. The molecular formula is C12H6N4O5S2. The summed E-state index contributed by atoms with van der Waals surface area (Å²) in [5, 5.41) is 24.0. The minimum absolute atomic E-state index is 0.0621. The summed E-state index contributed by atoms with van der Waals surface area (Å²) in [7, 11) is 0. The fourth-order valence-electron chi connectivity index (χ4n) is 1.79. The van der Waals surface area contributed by atoms with Gasteiger partial charge in [-0.05, 0) is 12.1 Å². The molecule has 0 aliphatic carbocycles. The van der Waals surface area contributed by atoms with E-state index in [1.54, 1.807) is 0 Å². The molecule has 2 aromatic heterocycles. The van der Waals surface area contributed by atoms with E-state index in [9.17, 15) is 25.0 Å². The first-order valence-electron chi connectivity index (χ1n) is 6.04. The van der Waals surface area contributed by atoms with Crippen LogP contribution in [0.2, 0.25) is 0 Å². The molecule has 0 spiro atoms. The van der Waals surface area contributed by atoms with Crippen molar-refractivity contribution in [1.82, 2.24) is 4.98 Å². The second kappa shape index (κ2) is 5.70. The molecular weight excluding hydrogens is 344 g/mol. The Bertz CT molecular complexity index is 948. The molecule has 116 valence electrons. The lowest BCUT2D eigenvalue weighted by Gasteiger charge is -1.96. The van der Waals surface area contributed by atoms with Gasteiger partial charge >= 0.3 is 5.00 Å². The van der Waals surface area contributed by atoms with Crippen molar-refractivity contribution in [2.45, 2.75) is 0 Å². The van der Waals surface area contributed by atoms with Gasteiger partial charge in [-0.2, -0.15) is 0 Å². The predicted molar refractivity (Wildman–Crippen MR) is 85.2 cm³/mol. The van der Waals surface area contributed by atoms with Crippen molar-refractivity contribution in [3.05, 3.63) is 55.4 Å². The molecule has 11 heteroatoms. The molecule has 3 rings (SSSR count). The highest BCUT2D eigenvalue weighted by Gasteiger charge is 2.17.